The molecular weight excluding hydrogens is 262 g/mol. The minimum Gasteiger partial charge on any atom is -0.361 e. The Labute approximate surface area is 124 Å². The molecule has 0 amide bonds. The van der Waals surface area contributed by atoms with E-state index in [4.69, 9.17) is 0 Å². The molecule has 1 aromatic heterocycles. The highest BCUT2D eigenvalue weighted by molar-refractivity contribution is 5.64. The van der Waals surface area contributed by atoms with Crippen molar-refractivity contribution < 1.29 is 0 Å². The highest BCUT2D eigenvalue weighted by atomic mass is 16.1. The number of para-hydroxylation sites is 1. The summed E-state index contributed by atoms with van der Waals surface area (Å²) in [7, 11) is 0. The lowest BCUT2D eigenvalue weighted by atomic mass is 10.0. The number of hydrogen-bond acceptors (Lipinski definition) is 3. The summed E-state index contributed by atoms with van der Waals surface area (Å²) in [6.45, 7) is 3.89. The number of anilines is 1. The van der Waals surface area contributed by atoms with Gasteiger partial charge in [0.1, 0.15) is 5.82 Å². The van der Waals surface area contributed by atoms with Crippen molar-refractivity contribution in [3.05, 3.63) is 64.5 Å². The molecule has 0 saturated carbocycles. The second-order valence-electron chi connectivity index (χ2n) is 5.51. The van der Waals surface area contributed by atoms with Crippen LogP contribution >= 0.6 is 0 Å². The smallest absolute Gasteiger partial charge is 0.256 e. The van der Waals surface area contributed by atoms with Crippen LogP contribution in [0.4, 0.5) is 5.69 Å². The average molecular weight is 281 g/mol. The molecule has 108 valence electrons. The zero-order chi connectivity index (χ0) is 14.8. The summed E-state index contributed by atoms with van der Waals surface area (Å²) >= 11 is 0. The van der Waals surface area contributed by atoms with Crippen LogP contribution in [0.3, 0.4) is 0 Å². The number of aromatic nitrogens is 2. The first-order chi connectivity index (χ1) is 10.2. The van der Waals surface area contributed by atoms with Gasteiger partial charge >= 0.3 is 0 Å². The Morgan fingerprint density at radius 3 is 2.86 bits per heavy atom. The molecular formula is C17H19N3O. The lowest BCUT2D eigenvalue weighted by Crippen LogP contribution is -2.31. The summed E-state index contributed by atoms with van der Waals surface area (Å²) in [5, 5.41) is 3.29. The van der Waals surface area contributed by atoms with E-state index in [-0.39, 0.29) is 11.6 Å². The van der Waals surface area contributed by atoms with E-state index in [0.29, 0.717) is 5.56 Å². The number of nitrogens with zero attached hydrogens (tertiary/aromatic N) is 2. The van der Waals surface area contributed by atoms with Crippen LogP contribution in [0.5, 0.6) is 0 Å². The van der Waals surface area contributed by atoms with Gasteiger partial charge in [0.05, 0.1) is 0 Å². The number of allylic oxidation sites excluding steroid dienone is 1. The monoisotopic (exact) mass is 281 g/mol. The Morgan fingerprint density at radius 2 is 2.10 bits per heavy atom. The van der Waals surface area contributed by atoms with E-state index in [1.807, 2.05) is 48.0 Å². The molecule has 4 nitrogen and oxygen atoms in total. The highest BCUT2D eigenvalue weighted by Gasteiger charge is 2.22. The Kier molecular flexibility index (Phi) is 3.60. The van der Waals surface area contributed by atoms with Gasteiger partial charge in [-0.1, -0.05) is 18.2 Å². The van der Waals surface area contributed by atoms with Crippen LogP contribution in [0.25, 0.3) is 5.57 Å². The van der Waals surface area contributed by atoms with Crippen molar-refractivity contribution in [2.45, 2.75) is 32.7 Å². The van der Waals surface area contributed by atoms with Gasteiger partial charge in [0.2, 0.25) is 0 Å². The predicted octanol–water partition coefficient (Wildman–Crippen LogP) is 3.36. The van der Waals surface area contributed by atoms with Gasteiger partial charge in [0, 0.05) is 35.3 Å². The lowest BCUT2D eigenvalue weighted by molar-refractivity contribution is 0.461. The summed E-state index contributed by atoms with van der Waals surface area (Å²) in [5.41, 5.74) is 2.87. The maximum absolute atomic E-state index is 12.3. The van der Waals surface area contributed by atoms with Gasteiger partial charge < -0.3 is 5.32 Å². The molecule has 1 N–H and O–H groups in total. The summed E-state index contributed by atoms with van der Waals surface area (Å²) < 4.78 is 1.82. The minimum atomic E-state index is 0.0674. The fourth-order valence-corrected chi connectivity index (χ4v) is 2.65. The lowest BCUT2D eigenvalue weighted by Gasteiger charge is -2.26. The van der Waals surface area contributed by atoms with Gasteiger partial charge in [0.15, 0.2) is 0 Å². The molecule has 0 radical (unpaired) electrons. The normalized spacial score (nSPS) is 19.3. The Hall–Kier alpha value is -2.36. The van der Waals surface area contributed by atoms with Gasteiger partial charge in [-0.05, 0) is 38.8 Å². The number of rotatable bonds is 2. The molecule has 2 heterocycles. The molecule has 1 aromatic carbocycles. The van der Waals surface area contributed by atoms with E-state index < -0.39 is 0 Å². The van der Waals surface area contributed by atoms with E-state index in [0.717, 1.165) is 29.9 Å². The first-order valence-electron chi connectivity index (χ1n) is 7.26. The topological polar surface area (TPSA) is 46.9 Å². The quantitative estimate of drug-likeness (QED) is 0.918. The van der Waals surface area contributed by atoms with Gasteiger partial charge in [-0.3, -0.25) is 9.36 Å². The van der Waals surface area contributed by atoms with Gasteiger partial charge in [-0.25, -0.2) is 4.98 Å². The SMILES string of the molecule is Cc1cnc2n(c1=O)C(C)CC/C2=C/Nc1ccccc1. The zero-order valence-corrected chi connectivity index (χ0v) is 12.3. The summed E-state index contributed by atoms with van der Waals surface area (Å²) in [5.74, 6) is 0.785. The fourth-order valence-electron chi connectivity index (χ4n) is 2.65. The molecule has 0 spiro atoms. The standard InChI is InChI=1S/C17H19N3O/c1-12-10-19-16-14(9-8-13(2)20(16)17(12)21)11-18-15-6-4-3-5-7-15/h3-7,10-11,13,18H,8-9H2,1-2H3/b14-11-. The van der Waals surface area contributed by atoms with Crippen molar-refractivity contribution in [1.29, 1.82) is 0 Å². The van der Waals surface area contributed by atoms with Crippen molar-refractivity contribution >= 4 is 11.3 Å². The van der Waals surface area contributed by atoms with Crippen molar-refractivity contribution in [3.8, 4) is 0 Å². The molecule has 1 atom stereocenters. The third kappa shape index (κ3) is 2.61. The molecule has 0 bridgehead atoms. The third-order valence-electron chi connectivity index (χ3n) is 3.91. The van der Waals surface area contributed by atoms with E-state index in [1.165, 1.54) is 0 Å². The second kappa shape index (κ2) is 5.56. The molecule has 1 unspecified atom stereocenters. The second-order valence-corrected chi connectivity index (χ2v) is 5.51. The molecule has 21 heavy (non-hydrogen) atoms. The highest BCUT2D eigenvalue weighted by Crippen LogP contribution is 2.29. The molecule has 4 heteroatoms. The molecule has 0 fully saturated rings. The predicted molar refractivity (Wildman–Crippen MR) is 85.2 cm³/mol. The number of aryl methyl sites for hydroxylation is 1. The van der Waals surface area contributed by atoms with Crippen molar-refractivity contribution in [2.75, 3.05) is 5.32 Å². The molecule has 1 aliphatic heterocycles. The fraction of sp³-hybridized carbons (Fsp3) is 0.294. The Bertz CT molecular complexity index is 731. The van der Waals surface area contributed by atoms with Gasteiger partial charge in [0.25, 0.3) is 5.56 Å². The van der Waals surface area contributed by atoms with Crippen LogP contribution < -0.4 is 10.9 Å². The van der Waals surface area contributed by atoms with Crippen LogP contribution in [0, 0.1) is 6.92 Å². The number of hydrogen-bond donors (Lipinski definition) is 1. The van der Waals surface area contributed by atoms with Crippen LogP contribution in [0.15, 0.2) is 47.5 Å². The summed E-state index contributed by atoms with van der Waals surface area (Å²) in [4.78, 5) is 16.8. The molecule has 0 saturated heterocycles. The van der Waals surface area contributed by atoms with Crippen LogP contribution in [-0.2, 0) is 0 Å². The maximum Gasteiger partial charge on any atom is 0.256 e. The van der Waals surface area contributed by atoms with Gasteiger partial charge in [-0.2, -0.15) is 0 Å². The van der Waals surface area contributed by atoms with Crippen LogP contribution in [0.2, 0.25) is 0 Å². The first kappa shape index (κ1) is 13.6. The molecule has 1 aliphatic rings. The van der Waals surface area contributed by atoms with Gasteiger partial charge in [-0.15, -0.1) is 0 Å². The Morgan fingerprint density at radius 1 is 1.33 bits per heavy atom. The summed E-state index contributed by atoms with van der Waals surface area (Å²) in [6, 6.07) is 10.2. The molecule has 0 aliphatic carbocycles. The molecule has 2 aromatic rings. The van der Waals surface area contributed by atoms with E-state index in [1.54, 1.807) is 6.20 Å². The van der Waals surface area contributed by atoms with E-state index >= 15 is 0 Å². The van der Waals surface area contributed by atoms with Crippen LogP contribution in [-0.4, -0.2) is 9.55 Å². The molecule has 3 rings (SSSR count). The zero-order valence-electron chi connectivity index (χ0n) is 12.3. The first-order valence-corrected chi connectivity index (χ1v) is 7.26. The maximum atomic E-state index is 12.3. The van der Waals surface area contributed by atoms with Crippen LogP contribution in [0.1, 0.15) is 37.2 Å². The van der Waals surface area contributed by atoms with Crippen molar-refractivity contribution in [3.63, 3.8) is 0 Å². The number of nitrogens with one attached hydrogen (secondary N) is 1. The van der Waals surface area contributed by atoms with E-state index in [9.17, 15) is 4.79 Å². The van der Waals surface area contributed by atoms with Crippen molar-refractivity contribution in [1.82, 2.24) is 9.55 Å². The third-order valence-corrected chi connectivity index (χ3v) is 3.91. The van der Waals surface area contributed by atoms with E-state index in [2.05, 4.69) is 17.2 Å². The Balaban J connectivity index is 1.98. The summed E-state index contributed by atoms with van der Waals surface area (Å²) in [6.07, 6.45) is 5.52. The number of benzene rings is 1. The number of fused-ring (bicyclic) bond motifs is 1. The van der Waals surface area contributed by atoms with Crippen molar-refractivity contribution in [2.24, 2.45) is 0 Å². The average Bonchev–Trinajstić information content (AvgIpc) is 2.51. The minimum absolute atomic E-state index is 0.0674. The largest absolute Gasteiger partial charge is 0.361 e.